The fourth-order valence-corrected chi connectivity index (χ4v) is 11.6. The second-order valence-corrected chi connectivity index (χ2v) is 23.7. The minimum atomic E-state index is -3.38. The molecular weight excluding hydrogens is 960 g/mol. The predicted octanol–water partition coefficient (Wildman–Crippen LogP) is 4.08. The van der Waals surface area contributed by atoms with Crippen LogP contribution in [-0.4, -0.2) is 182 Å². The maximum absolute atomic E-state index is 14.4. The number of Topliss-reactive ketones (excluding diaryl/α,β-unsaturated/α-hetero) is 1. The first-order chi connectivity index (χ1) is 33.5. The number of amides is 1. The lowest BCUT2D eigenvalue weighted by atomic mass is 9.74. The average Bonchev–Trinajstić information content (AvgIpc) is 3.33. The van der Waals surface area contributed by atoms with Crippen molar-refractivity contribution in [2.24, 2.45) is 23.7 Å². The maximum Gasteiger partial charge on any atom is 0.311 e. The highest BCUT2D eigenvalue weighted by Crippen LogP contribution is 2.42. The molecule has 72 heavy (non-hydrogen) atoms. The van der Waals surface area contributed by atoms with Gasteiger partial charge < -0.3 is 63.8 Å². The summed E-state index contributed by atoms with van der Waals surface area (Å²) in [6.45, 7) is 16.4. The van der Waals surface area contributed by atoms with Gasteiger partial charge in [0.05, 0.1) is 58.6 Å². The highest BCUT2D eigenvalue weighted by molar-refractivity contribution is 7.90. The molecule has 0 saturated carbocycles. The summed E-state index contributed by atoms with van der Waals surface area (Å²) in [6.07, 6.45) is -7.62. The van der Waals surface area contributed by atoms with Gasteiger partial charge in [0.15, 0.2) is 22.4 Å². The first-order valence-electron chi connectivity index (χ1n) is 25.6. The molecule has 414 valence electrons. The van der Waals surface area contributed by atoms with Gasteiger partial charge in [0, 0.05) is 57.1 Å². The zero-order valence-corrected chi connectivity index (χ0v) is 45.9. The summed E-state index contributed by atoms with van der Waals surface area (Å²) in [7, 11) is 1.43. The number of halogens is 1. The minimum Gasteiger partial charge on any atom is -0.459 e. The van der Waals surface area contributed by atoms with Crippen LogP contribution in [0.25, 0.3) is 0 Å². The van der Waals surface area contributed by atoms with Crippen LogP contribution in [0.3, 0.4) is 0 Å². The largest absolute Gasteiger partial charge is 0.459 e. The van der Waals surface area contributed by atoms with Gasteiger partial charge in [0.1, 0.15) is 36.4 Å². The molecule has 1 amide bonds. The Morgan fingerprint density at radius 1 is 0.917 bits per heavy atom. The molecule has 19 atom stereocenters. The third-order valence-electron chi connectivity index (χ3n) is 15.7. The smallest absolute Gasteiger partial charge is 0.311 e. The first-order valence-corrected chi connectivity index (χ1v) is 27.4. The number of alkyl halides is 1. The number of esters is 1. The fourth-order valence-electron chi connectivity index (χ4n) is 10.9. The van der Waals surface area contributed by atoms with E-state index in [1.165, 1.54) is 40.2 Å². The maximum atomic E-state index is 14.4. The first kappa shape index (κ1) is 61.8. The van der Waals surface area contributed by atoms with Crippen LogP contribution in [0.4, 0.5) is 4.39 Å². The Balaban J connectivity index is 1.61. The lowest BCUT2D eigenvalue weighted by Crippen LogP contribution is -2.61. The number of rotatable bonds is 18. The van der Waals surface area contributed by atoms with Crippen LogP contribution in [-0.2, 0) is 63.8 Å². The van der Waals surface area contributed by atoms with E-state index < -0.39 is 136 Å². The number of hydrogen-bond donors (Lipinski definition) is 5. The van der Waals surface area contributed by atoms with Crippen LogP contribution in [0, 0.1) is 23.7 Å². The molecule has 4 rings (SSSR count). The van der Waals surface area contributed by atoms with Gasteiger partial charge in [-0.25, -0.2) is 12.8 Å². The molecule has 5 N–H and O–H groups in total. The summed E-state index contributed by atoms with van der Waals surface area (Å²) in [6, 6.07) is 4.86. The van der Waals surface area contributed by atoms with Gasteiger partial charge >= 0.3 is 5.97 Å². The number of nitrogens with zero attached hydrogens (tertiary/aromatic N) is 1. The summed E-state index contributed by atoms with van der Waals surface area (Å²) < 4.78 is 82.2. The number of cyclic esters (lactones) is 1. The predicted molar refractivity (Wildman–Crippen MR) is 265 cm³/mol. The van der Waals surface area contributed by atoms with E-state index in [-0.39, 0.29) is 48.7 Å². The van der Waals surface area contributed by atoms with Crippen molar-refractivity contribution in [1.82, 2.24) is 10.2 Å². The molecule has 0 spiro atoms. The van der Waals surface area contributed by atoms with Gasteiger partial charge in [-0.1, -0.05) is 39.8 Å². The Kier molecular flexibility index (Phi) is 22.2. The topological polar surface area (TPSA) is 246 Å². The monoisotopic (exact) mass is 1050 g/mol. The van der Waals surface area contributed by atoms with Crippen molar-refractivity contribution in [2.45, 2.75) is 216 Å². The van der Waals surface area contributed by atoms with E-state index >= 15 is 0 Å². The van der Waals surface area contributed by atoms with Gasteiger partial charge in [-0.15, -0.1) is 0 Å². The Bertz CT molecular complexity index is 2030. The number of aliphatic hydroxyl groups is 4. The van der Waals surface area contributed by atoms with E-state index in [0.29, 0.717) is 31.4 Å². The van der Waals surface area contributed by atoms with E-state index in [0.717, 1.165) is 6.26 Å². The van der Waals surface area contributed by atoms with Crippen molar-refractivity contribution in [3.8, 4) is 0 Å². The Hall–Kier alpha value is -2.73. The molecule has 18 nitrogen and oxygen atoms in total. The van der Waals surface area contributed by atoms with Crippen molar-refractivity contribution in [3.05, 3.63) is 29.8 Å². The zero-order chi connectivity index (χ0) is 54.3. The molecule has 20 heteroatoms. The Morgan fingerprint density at radius 2 is 1.54 bits per heavy atom. The quantitative estimate of drug-likeness (QED) is 0.103. The van der Waals surface area contributed by atoms with Crippen LogP contribution in [0.15, 0.2) is 29.2 Å². The minimum absolute atomic E-state index is 0.0318. The molecule has 0 unspecified atom stereocenters. The summed E-state index contributed by atoms with van der Waals surface area (Å²) >= 11 is 0. The molecule has 0 radical (unpaired) electrons. The fraction of sp³-hybridized carbons (Fsp3) is 0.827. The summed E-state index contributed by atoms with van der Waals surface area (Å²) in [5, 5.41) is 49.4. The van der Waals surface area contributed by atoms with Crippen LogP contribution in [0.2, 0.25) is 0 Å². The van der Waals surface area contributed by atoms with Gasteiger partial charge in [-0.2, -0.15) is 0 Å². The number of unbranched alkanes of at least 4 members (excludes halogenated alkanes) is 1. The van der Waals surface area contributed by atoms with Gasteiger partial charge in [0.25, 0.3) is 0 Å². The third-order valence-corrected chi connectivity index (χ3v) is 16.8. The number of ketones is 1. The highest BCUT2D eigenvalue weighted by atomic mass is 32.2. The van der Waals surface area contributed by atoms with Crippen LogP contribution >= 0.6 is 0 Å². The summed E-state index contributed by atoms with van der Waals surface area (Å²) in [5.74, 6) is -5.23. The SMILES string of the molecule is CC[C@H]1OC(=O)[C@H](C)[C@@H](O[C@H]2C[C@@](C)(OC)[C@@H](O)[C@H](C)O2)[C@H](C)[C@@H](O[C@H]2O[C@H](C)C[C@H](N(C)CCCCC(=O)N[C@H](CF)Cc3ccc(S(C)(=O)=O)cc3)[C@H]2O)[C@](C)(OC)C[C@@H](C)C(=O)[C@H](C)[C@@H](O)[C@]1(C)O. The van der Waals surface area contributed by atoms with Gasteiger partial charge in [-0.05, 0) is 111 Å². The van der Waals surface area contributed by atoms with Crippen LogP contribution < -0.4 is 5.32 Å². The summed E-state index contributed by atoms with van der Waals surface area (Å²) in [5.41, 5.74) is -3.80. The Labute approximate surface area is 427 Å². The molecule has 1 aromatic rings. The number of nitrogens with one attached hydrogen (secondary N) is 1. The number of sulfone groups is 1. The van der Waals surface area contributed by atoms with E-state index in [1.54, 1.807) is 60.6 Å². The molecule has 3 fully saturated rings. The molecule has 3 heterocycles. The van der Waals surface area contributed by atoms with E-state index in [4.69, 9.17) is 33.2 Å². The number of likely N-dealkylation sites (N-methyl/N-ethyl adjacent to an activating group) is 1. The second-order valence-electron chi connectivity index (χ2n) is 21.6. The standard InChI is InChI=1S/C52H87FN2O16S/c1-15-39-52(10,62)45(59)31(4)42(57)29(2)26-51(9,66-13)47(32(5)44(33(6)48(61)69-39)70-41-27-50(8,65-12)46(60)34(7)68-41)71-49-43(58)38(24-30(3)67-49)55(11)23-17-16-18-40(56)54-36(28-53)25-35-19-21-37(22-20-35)72(14,63)64/h19-22,29-34,36,38-39,41,43-47,49,58-60,62H,15-18,23-28H2,1-14H3,(H,54,56)/t29-,30-,31+,32+,33-,34+,36+,38+,39-,41+,43-,44+,45-,46+,47-,49-,50-,51-,52-/m1/s1. The molecule has 0 aliphatic carbocycles. The molecule has 3 saturated heterocycles. The number of ether oxygens (including phenoxy) is 7. The van der Waals surface area contributed by atoms with Crippen LogP contribution in [0.1, 0.15) is 120 Å². The number of aliphatic hydroxyl groups excluding tert-OH is 3. The van der Waals surface area contributed by atoms with Crippen molar-refractivity contribution < 1.29 is 80.8 Å². The van der Waals surface area contributed by atoms with Gasteiger partial charge in [0.2, 0.25) is 5.91 Å². The normalized spacial score (nSPS) is 39.2. The number of carbonyl (C=O) groups excluding carboxylic acids is 3. The number of carbonyl (C=O) groups is 3. The molecule has 0 aromatic heterocycles. The zero-order valence-electron chi connectivity index (χ0n) is 45.0. The lowest BCUT2D eigenvalue weighted by molar-refractivity contribution is -0.319. The highest BCUT2D eigenvalue weighted by Gasteiger charge is 2.54. The van der Waals surface area contributed by atoms with Crippen LogP contribution in [0.5, 0.6) is 0 Å². The molecule has 0 bridgehead atoms. The number of benzene rings is 1. The number of methoxy groups -OCH3 is 2. The van der Waals surface area contributed by atoms with Crippen molar-refractivity contribution in [1.29, 1.82) is 0 Å². The van der Waals surface area contributed by atoms with Crippen molar-refractivity contribution in [2.75, 3.05) is 40.7 Å². The van der Waals surface area contributed by atoms with Gasteiger partial charge in [-0.3, -0.25) is 14.4 Å². The van der Waals surface area contributed by atoms with Crippen molar-refractivity contribution in [3.63, 3.8) is 0 Å². The van der Waals surface area contributed by atoms with Crippen molar-refractivity contribution >= 4 is 27.5 Å². The second kappa shape index (κ2) is 25.9. The summed E-state index contributed by atoms with van der Waals surface area (Å²) in [4.78, 5) is 43.7. The molecule has 3 aliphatic heterocycles. The van der Waals surface area contributed by atoms with E-state index in [1.807, 2.05) is 18.9 Å². The number of hydrogen-bond acceptors (Lipinski definition) is 17. The lowest BCUT2D eigenvalue weighted by Gasteiger charge is -2.50. The van der Waals surface area contributed by atoms with E-state index in [9.17, 15) is 47.6 Å². The average molecular weight is 1050 g/mol. The molecule has 3 aliphatic rings. The molecule has 1 aromatic carbocycles. The Morgan fingerprint density at radius 3 is 2.11 bits per heavy atom. The van der Waals surface area contributed by atoms with E-state index in [2.05, 4.69) is 5.32 Å². The molecular formula is C52H87FN2O16S. The third kappa shape index (κ3) is 15.0.